The number of H-pyrrole nitrogens is 1. The van der Waals surface area contributed by atoms with Gasteiger partial charge in [0, 0.05) is 16.8 Å². The Morgan fingerprint density at radius 1 is 1.42 bits per heavy atom. The van der Waals surface area contributed by atoms with Gasteiger partial charge in [0.25, 0.3) is 10.0 Å². The molecule has 5 nitrogen and oxygen atoms in total. The minimum atomic E-state index is -3.68. The van der Waals surface area contributed by atoms with Crippen LogP contribution >= 0.6 is 11.6 Å². The van der Waals surface area contributed by atoms with E-state index in [1.165, 1.54) is 6.07 Å². The van der Waals surface area contributed by atoms with Crippen molar-refractivity contribution < 1.29 is 8.42 Å². The van der Waals surface area contributed by atoms with E-state index in [4.69, 9.17) is 11.6 Å². The van der Waals surface area contributed by atoms with Gasteiger partial charge in [-0.15, -0.1) is 0 Å². The van der Waals surface area contributed by atoms with Crippen LogP contribution in [0.1, 0.15) is 18.2 Å². The molecule has 0 unspecified atom stereocenters. The summed E-state index contributed by atoms with van der Waals surface area (Å²) >= 11 is 5.94. The molecule has 0 saturated carbocycles. The van der Waals surface area contributed by atoms with E-state index in [0.29, 0.717) is 10.6 Å². The second-order valence-corrected chi connectivity index (χ2v) is 6.16. The average molecular weight is 300 g/mol. The van der Waals surface area contributed by atoms with Gasteiger partial charge in [-0.1, -0.05) is 24.6 Å². The van der Waals surface area contributed by atoms with Gasteiger partial charge in [0.1, 0.15) is 0 Å². The topological polar surface area (TPSA) is 74.8 Å². The molecule has 0 fully saturated rings. The fourth-order valence-electron chi connectivity index (χ4n) is 1.67. The number of aromatic amines is 1. The van der Waals surface area contributed by atoms with E-state index >= 15 is 0 Å². The van der Waals surface area contributed by atoms with Gasteiger partial charge in [-0.25, -0.2) is 8.42 Å². The summed E-state index contributed by atoms with van der Waals surface area (Å²) in [6, 6.07) is 6.43. The summed E-state index contributed by atoms with van der Waals surface area (Å²) in [5, 5.41) is 7.07. The highest BCUT2D eigenvalue weighted by atomic mass is 35.5. The number of anilines is 1. The standard InChI is InChI=1S/C12H14ClN3O2S/c1-3-9-7-12(15-14-9)16-19(17,18)11-6-4-5-10(13)8(11)2/h4-7H,3H2,1-2H3,(H2,14,15,16). The van der Waals surface area contributed by atoms with Gasteiger partial charge < -0.3 is 0 Å². The Morgan fingerprint density at radius 3 is 2.79 bits per heavy atom. The van der Waals surface area contributed by atoms with Crippen molar-refractivity contribution >= 4 is 27.4 Å². The second kappa shape index (κ2) is 5.22. The van der Waals surface area contributed by atoms with Crippen molar-refractivity contribution in [2.45, 2.75) is 25.2 Å². The predicted octanol–water partition coefficient (Wildman–Crippen LogP) is 2.73. The lowest BCUT2D eigenvalue weighted by atomic mass is 10.2. The number of hydrogen-bond donors (Lipinski definition) is 2. The number of rotatable bonds is 4. The van der Waals surface area contributed by atoms with Crippen molar-refractivity contribution in [3.63, 3.8) is 0 Å². The maximum Gasteiger partial charge on any atom is 0.263 e. The molecule has 0 aliphatic rings. The summed E-state index contributed by atoms with van der Waals surface area (Å²) in [7, 11) is -3.68. The van der Waals surface area contributed by atoms with E-state index < -0.39 is 10.0 Å². The Kier molecular flexibility index (Phi) is 3.82. The number of nitrogens with one attached hydrogen (secondary N) is 2. The molecule has 0 atom stereocenters. The molecule has 1 heterocycles. The van der Waals surface area contributed by atoms with E-state index in [2.05, 4.69) is 14.9 Å². The van der Waals surface area contributed by atoms with Gasteiger partial charge in [0.05, 0.1) is 4.90 Å². The van der Waals surface area contributed by atoms with E-state index in [9.17, 15) is 8.42 Å². The van der Waals surface area contributed by atoms with Gasteiger partial charge >= 0.3 is 0 Å². The summed E-state index contributed by atoms with van der Waals surface area (Å²) < 4.78 is 26.9. The minimum Gasteiger partial charge on any atom is -0.280 e. The largest absolute Gasteiger partial charge is 0.280 e. The second-order valence-electron chi connectivity index (χ2n) is 4.10. The Morgan fingerprint density at radius 2 is 2.16 bits per heavy atom. The molecule has 2 aromatic rings. The third-order valence-corrected chi connectivity index (χ3v) is 4.67. The van der Waals surface area contributed by atoms with E-state index in [1.54, 1.807) is 25.1 Å². The fourth-order valence-corrected chi connectivity index (χ4v) is 3.16. The van der Waals surface area contributed by atoms with Gasteiger partial charge in [0.15, 0.2) is 5.82 Å². The average Bonchev–Trinajstić information content (AvgIpc) is 2.79. The first-order chi connectivity index (χ1) is 8.94. The molecule has 7 heteroatoms. The lowest BCUT2D eigenvalue weighted by Gasteiger charge is -2.09. The van der Waals surface area contributed by atoms with Crippen LogP contribution in [0, 0.1) is 6.92 Å². The van der Waals surface area contributed by atoms with Crippen LogP contribution in [0.2, 0.25) is 5.02 Å². The molecular weight excluding hydrogens is 286 g/mol. The van der Waals surface area contributed by atoms with Crippen molar-refractivity contribution in [3.05, 3.63) is 40.5 Å². The highest BCUT2D eigenvalue weighted by molar-refractivity contribution is 7.92. The fraction of sp³-hybridized carbons (Fsp3) is 0.250. The lowest BCUT2D eigenvalue weighted by molar-refractivity contribution is 0.600. The maximum absolute atomic E-state index is 12.2. The first kappa shape index (κ1) is 13.9. The molecule has 0 saturated heterocycles. The van der Waals surface area contributed by atoms with Crippen LogP contribution in [0.4, 0.5) is 5.82 Å². The molecule has 0 radical (unpaired) electrons. The highest BCUT2D eigenvalue weighted by Gasteiger charge is 2.19. The lowest BCUT2D eigenvalue weighted by Crippen LogP contribution is -2.14. The third-order valence-electron chi connectivity index (χ3n) is 2.76. The highest BCUT2D eigenvalue weighted by Crippen LogP contribution is 2.24. The zero-order valence-corrected chi connectivity index (χ0v) is 12.1. The normalized spacial score (nSPS) is 11.5. The predicted molar refractivity (Wildman–Crippen MR) is 75.0 cm³/mol. The van der Waals surface area contributed by atoms with Crippen molar-refractivity contribution in [1.82, 2.24) is 10.2 Å². The molecule has 1 aromatic heterocycles. The third kappa shape index (κ3) is 2.90. The summed E-state index contributed by atoms with van der Waals surface area (Å²) in [5.74, 6) is 0.274. The van der Waals surface area contributed by atoms with E-state index in [-0.39, 0.29) is 10.7 Å². The number of halogens is 1. The zero-order chi connectivity index (χ0) is 14.0. The molecule has 0 amide bonds. The molecule has 2 N–H and O–H groups in total. The van der Waals surface area contributed by atoms with Crippen molar-refractivity contribution in [2.75, 3.05) is 4.72 Å². The summed E-state index contributed by atoms with van der Waals surface area (Å²) in [6.07, 6.45) is 0.755. The summed E-state index contributed by atoms with van der Waals surface area (Å²) in [6.45, 7) is 3.62. The number of aryl methyl sites for hydroxylation is 1. The van der Waals surface area contributed by atoms with Gasteiger partial charge in [-0.3, -0.25) is 9.82 Å². The SMILES string of the molecule is CCc1cc(NS(=O)(=O)c2cccc(Cl)c2C)n[nH]1. The Hall–Kier alpha value is -1.53. The van der Waals surface area contributed by atoms with Crippen LogP contribution in [0.3, 0.4) is 0 Å². The van der Waals surface area contributed by atoms with Crippen LogP contribution in [-0.2, 0) is 16.4 Å². The smallest absolute Gasteiger partial charge is 0.263 e. The summed E-state index contributed by atoms with van der Waals surface area (Å²) in [5.41, 5.74) is 1.38. The Balaban J connectivity index is 2.35. The maximum atomic E-state index is 12.2. The Bertz CT molecular complexity index is 695. The van der Waals surface area contributed by atoms with Crippen LogP contribution < -0.4 is 4.72 Å². The van der Waals surface area contributed by atoms with Gasteiger partial charge in [0.2, 0.25) is 0 Å². The molecule has 0 aliphatic carbocycles. The van der Waals surface area contributed by atoms with Gasteiger partial charge in [-0.05, 0) is 31.0 Å². The molecule has 0 aliphatic heterocycles. The first-order valence-electron chi connectivity index (χ1n) is 5.76. The number of aromatic nitrogens is 2. The molecule has 1 aromatic carbocycles. The first-order valence-corrected chi connectivity index (χ1v) is 7.62. The van der Waals surface area contributed by atoms with Crippen LogP contribution in [0.25, 0.3) is 0 Å². The van der Waals surface area contributed by atoms with Gasteiger partial charge in [-0.2, -0.15) is 5.10 Å². The number of sulfonamides is 1. The minimum absolute atomic E-state index is 0.154. The molecule has 0 spiro atoms. The molecular formula is C12H14ClN3O2S. The monoisotopic (exact) mass is 299 g/mol. The van der Waals surface area contributed by atoms with E-state index in [0.717, 1.165) is 12.1 Å². The van der Waals surface area contributed by atoms with E-state index in [1.807, 2.05) is 6.92 Å². The Labute approximate surface area is 117 Å². The van der Waals surface area contributed by atoms with Crippen molar-refractivity contribution in [2.24, 2.45) is 0 Å². The number of nitrogens with zero attached hydrogens (tertiary/aromatic N) is 1. The number of benzene rings is 1. The summed E-state index contributed by atoms with van der Waals surface area (Å²) in [4.78, 5) is 0.154. The molecule has 2 rings (SSSR count). The van der Waals surface area contributed by atoms with Crippen LogP contribution in [0.5, 0.6) is 0 Å². The molecule has 19 heavy (non-hydrogen) atoms. The van der Waals surface area contributed by atoms with Crippen LogP contribution in [-0.4, -0.2) is 18.6 Å². The zero-order valence-electron chi connectivity index (χ0n) is 10.6. The molecule has 0 bridgehead atoms. The number of hydrogen-bond acceptors (Lipinski definition) is 3. The van der Waals surface area contributed by atoms with Crippen LogP contribution in [0.15, 0.2) is 29.2 Å². The van der Waals surface area contributed by atoms with Crippen molar-refractivity contribution in [3.8, 4) is 0 Å². The van der Waals surface area contributed by atoms with Crippen molar-refractivity contribution in [1.29, 1.82) is 0 Å². The quantitative estimate of drug-likeness (QED) is 0.911. The molecule has 102 valence electrons.